The van der Waals surface area contributed by atoms with Crippen LogP contribution in [0.4, 0.5) is 0 Å². The van der Waals surface area contributed by atoms with Crippen LogP contribution in [0.1, 0.15) is 205 Å². The molecule has 10 heterocycles. The van der Waals surface area contributed by atoms with E-state index in [0.717, 1.165) is 94.7 Å². The van der Waals surface area contributed by atoms with E-state index in [9.17, 15) is 0 Å². The lowest BCUT2D eigenvalue weighted by atomic mass is 9.76. The normalized spacial score (nSPS) is 57.6. The standard InChI is InChI=1S/2C32H56N8/c2*1-2-10-18-17(9-1)25-33-26(18)38-28-21-13-5-6-14-22(21)30(35-28)40-32-24-16-8-7-15-23(24)31(36-32)39-29-20-12-4-3-11-19(20)27(34-29)37-25/h2*17-40H,1-16H2. The van der Waals surface area contributed by atoms with Gasteiger partial charge in [-0.2, -0.15) is 0 Å². The van der Waals surface area contributed by atoms with Crippen molar-refractivity contribution in [1.29, 1.82) is 0 Å². The van der Waals surface area contributed by atoms with Gasteiger partial charge < -0.3 is 0 Å². The molecule has 448 valence electrons. The van der Waals surface area contributed by atoms with Gasteiger partial charge in [-0.1, -0.05) is 103 Å². The Morgan fingerprint density at radius 3 is 0.225 bits per heavy atom. The van der Waals surface area contributed by atoms with Crippen LogP contribution in [0.5, 0.6) is 0 Å². The van der Waals surface area contributed by atoms with E-state index in [1.165, 1.54) is 205 Å². The molecule has 0 aromatic carbocycles. The third-order valence-electron chi connectivity index (χ3n) is 27.6. The summed E-state index contributed by atoms with van der Waals surface area (Å²) in [6.07, 6.45) is 51.1. The highest BCUT2D eigenvalue weighted by Gasteiger charge is 2.57. The second kappa shape index (κ2) is 22.8. The van der Waals surface area contributed by atoms with Gasteiger partial charge in [0.2, 0.25) is 0 Å². The molecule has 16 nitrogen and oxygen atoms in total. The molecule has 18 rings (SSSR count). The fourth-order valence-corrected chi connectivity index (χ4v) is 23.9. The van der Waals surface area contributed by atoms with E-state index in [2.05, 4.69) is 85.1 Å². The van der Waals surface area contributed by atoms with E-state index in [1.54, 1.807) is 0 Å². The topological polar surface area (TPSA) is 192 Å². The first kappa shape index (κ1) is 53.6. The predicted octanol–water partition coefficient (Wildman–Crippen LogP) is 5.21. The minimum absolute atomic E-state index is 0.420. The summed E-state index contributed by atoms with van der Waals surface area (Å²) in [6, 6.07) is 0. The summed E-state index contributed by atoms with van der Waals surface area (Å²) < 4.78 is 0. The van der Waals surface area contributed by atoms with Crippen LogP contribution in [0.25, 0.3) is 0 Å². The average molecular weight is 1110 g/mol. The SMILES string of the molecule is C1CCC2C3NC(NC4NC(NC5NC(NC6NC(N3)C3CCCCC63)C3CCCCC53)C3CCCCC43)C2C1.C1CCC2C3NC(NC4NC(NC5NC(NC6NC(N3)C3CCCCC63)C3CCCCC53)C3CCCCC43)C2C1. The molecule has 10 aliphatic heterocycles. The Morgan fingerprint density at radius 2 is 0.163 bits per heavy atom. The van der Waals surface area contributed by atoms with E-state index in [1.807, 2.05) is 0 Å². The summed E-state index contributed by atoms with van der Waals surface area (Å²) in [5.41, 5.74) is 0. The Bertz CT molecular complexity index is 1560. The van der Waals surface area contributed by atoms with Gasteiger partial charge in [0, 0.05) is 0 Å². The van der Waals surface area contributed by atoms with Crippen LogP contribution in [-0.2, 0) is 0 Å². The Morgan fingerprint density at radius 1 is 0.100 bits per heavy atom. The first-order valence-corrected chi connectivity index (χ1v) is 35.8. The van der Waals surface area contributed by atoms with Gasteiger partial charge in [-0.15, -0.1) is 0 Å². The van der Waals surface area contributed by atoms with E-state index in [-0.39, 0.29) is 0 Å². The van der Waals surface area contributed by atoms with Crippen molar-refractivity contribution in [1.82, 2.24) is 85.1 Å². The first-order valence-electron chi connectivity index (χ1n) is 35.8. The monoisotopic (exact) mass is 1100 g/mol. The number of fused-ring (bicyclic) bond motifs is 40. The van der Waals surface area contributed by atoms with E-state index >= 15 is 0 Å². The molecule has 8 saturated carbocycles. The maximum Gasteiger partial charge on any atom is 0.0628 e. The van der Waals surface area contributed by atoms with Gasteiger partial charge in [-0.25, -0.2) is 0 Å². The second-order valence-electron chi connectivity index (χ2n) is 31.2. The zero-order valence-electron chi connectivity index (χ0n) is 49.1. The van der Waals surface area contributed by atoms with E-state index in [4.69, 9.17) is 0 Å². The lowest BCUT2D eigenvalue weighted by Gasteiger charge is -2.35. The second-order valence-corrected chi connectivity index (χ2v) is 31.2. The molecule has 0 spiro atoms. The van der Waals surface area contributed by atoms with Gasteiger partial charge in [0.05, 0.1) is 98.7 Å². The number of hydrogen-bond donors (Lipinski definition) is 16. The summed E-state index contributed by atoms with van der Waals surface area (Å²) in [4.78, 5) is 0. The molecule has 8 aliphatic carbocycles. The molecule has 0 amide bonds. The molecule has 18 fully saturated rings. The van der Waals surface area contributed by atoms with Crippen molar-refractivity contribution in [3.05, 3.63) is 0 Å². The molecule has 0 radical (unpaired) electrons. The Labute approximate surface area is 481 Å². The van der Waals surface area contributed by atoms with Gasteiger partial charge in [0.15, 0.2) is 0 Å². The van der Waals surface area contributed by atoms with Crippen molar-refractivity contribution in [2.24, 2.45) is 94.7 Å². The molecule has 0 aromatic heterocycles. The quantitative estimate of drug-likeness (QED) is 0.151. The van der Waals surface area contributed by atoms with Crippen LogP contribution in [-0.4, -0.2) is 98.7 Å². The van der Waals surface area contributed by atoms with Crippen molar-refractivity contribution >= 4 is 0 Å². The molecule has 16 atom stereocenters. The fourth-order valence-electron chi connectivity index (χ4n) is 23.9. The number of nitrogens with one attached hydrogen (secondary N) is 16. The first-order chi connectivity index (χ1) is 39.6. The minimum Gasteiger partial charge on any atom is -0.286 e. The van der Waals surface area contributed by atoms with Crippen molar-refractivity contribution in [2.75, 3.05) is 0 Å². The molecule has 16 N–H and O–H groups in total. The smallest absolute Gasteiger partial charge is 0.0628 e. The van der Waals surface area contributed by atoms with Gasteiger partial charge in [0.1, 0.15) is 0 Å². The van der Waals surface area contributed by atoms with Crippen molar-refractivity contribution in [3.8, 4) is 0 Å². The maximum atomic E-state index is 4.26. The summed E-state index contributed by atoms with van der Waals surface area (Å²) in [7, 11) is 0. The van der Waals surface area contributed by atoms with E-state index < -0.39 is 0 Å². The fraction of sp³-hybridized carbons (Fsp3) is 1.00. The van der Waals surface area contributed by atoms with Crippen LogP contribution in [0.3, 0.4) is 0 Å². The van der Waals surface area contributed by atoms with E-state index in [0.29, 0.717) is 98.7 Å². The molecule has 80 heavy (non-hydrogen) atoms. The molecular weight excluding hydrogens is 993 g/mol. The Balaban J connectivity index is 0.000000128. The molecule has 16 unspecified atom stereocenters. The molecule has 0 aromatic rings. The average Bonchev–Trinajstić information content (AvgIpc) is 4.44. The van der Waals surface area contributed by atoms with Crippen LogP contribution in [0.15, 0.2) is 0 Å². The third kappa shape index (κ3) is 9.73. The highest BCUT2D eigenvalue weighted by Crippen LogP contribution is 2.49. The van der Waals surface area contributed by atoms with Crippen LogP contribution >= 0.6 is 0 Å². The highest BCUT2D eigenvalue weighted by molar-refractivity contribution is 5.11. The van der Waals surface area contributed by atoms with Gasteiger partial charge in [-0.3, -0.25) is 85.1 Å². The zero-order chi connectivity index (χ0) is 52.4. The largest absolute Gasteiger partial charge is 0.286 e. The third-order valence-corrected chi connectivity index (χ3v) is 27.6. The zero-order valence-corrected chi connectivity index (χ0v) is 49.1. The van der Waals surface area contributed by atoms with Crippen LogP contribution in [0, 0.1) is 94.7 Å². The molecule has 16 heteroatoms. The minimum atomic E-state index is 0.420. The summed E-state index contributed by atoms with van der Waals surface area (Å²) in [5.74, 6) is 11.9. The lowest BCUT2D eigenvalue weighted by Crippen LogP contribution is -2.61. The lowest BCUT2D eigenvalue weighted by molar-refractivity contribution is 0.167. The van der Waals surface area contributed by atoms with Gasteiger partial charge >= 0.3 is 0 Å². The number of rotatable bonds is 0. The Hall–Kier alpha value is -0.640. The summed E-state index contributed by atoms with van der Waals surface area (Å²) in [6.45, 7) is 0. The summed E-state index contributed by atoms with van der Waals surface area (Å²) >= 11 is 0. The van der Waals surface area contributed by atoms with Crippen molar-refractivity contribution in [2.45, 2.75) is 304 Å². The summed E-state index contributed by atoms with van der Waals surface area (Å²) in [5, 5.41) is 67.6. The molecule has 16 bridgehead atoms. The van der Waals surface area contributed by atoms with Crippen LogP contribution in [0.2, 0.25) is 0 Å². The van der Waals surface area contributed by atoms with Crippen molar-refractivity contribution < 1.29 is 0 Å². The molecule has 18 aliphatic rings. The molecular formula is C64H112N16. The highest BCUT2D eigenvalue weighted by atomic mass is 15.4. The van der Waals surface area contributed by atoms with Gasteiger partial charge in [-0.05, 0) is 197 Å². The Kier molecular flexibility index (Phi) is 15.3. The van der Waals surface area contributed by atoms with Crippen molar-refractivity contribution in [3.63, 3.8) is 0 Å². The predicted molar refractivity (Wildman–Crippen MR) is 314 cm³/mol. The number of hydrogen-bond acceptors (Lipinski definition) is 16. The molecule has 10 saturated heterocycles. The maximum absolute atomic E-state index is 4.26. The van der Waals surface area contributed by atoms with Gasteiger partial charge in [0.25, 0.3) is 0 Å². The van der Waals surface area contributed by atoms with Crippen LogP contribution < -0.4 is 85.1 Å².